The Morgan fingerprint density at radius 2 is 2.22 bits per heavy atom. The van der Waals surface area contributed by atoms with Crippen molar-refractivity contribution in [2.45, 2.75) is 25.8 Å². The molecule has 0 radical (unpaired) electrons. The summed E-state index contributed by atoms with van der Waals surface area (Å²) in [5.74, 6) is 0.840. The number of furan rings is 1. The smallest absolute Gasteiger partial charge is 0.220 e. The van der Waals surface area contributed by atoms with Crippen LogP contribution in [0.4, 0.5) is 0 Å². The maximum absolute atomic E-state index is 12.1. The molecule has 1 N–H and O–H groups in total. The van der Waals surface area contributed by atoms with Gasteiger partial charge >= 0.3 is 0 Å². The quantitative estimate of drug-likeness (QED) is 0.760. The second-order valence-electron chi connectivity index (χ2n) is 5.41. The lowest BCUT2D eigenvalue weighted by molar-refractivity contribution is -0.121. The molecule has 2 heterocycles. The van der Waals surface area contributed by atoms with Crippen molar-refractivity contribution in [1.82, 2.24) is 15.1 Å². The summed E-state index contributed by atoms with van der Waals surface area (Å²) < 4.78 is 7.04. The Morgan fingerprint density at radius 3 is 2.96 bits per heavy atom. The number of aryl methyl sites for hydroxylation is 1. The number of carbonyl (C=O) groups excluding carboxylic acids is 1. The molecule has 0 aliphatic heterocycles. The third-order valence-corrected chi connectivity index (χ3v) is 3.70. The highest BCUT2D eigenvalue weighted by Crippen LogP contribution is 2.17. The third kappa shape index (κ3) is 3.88. The molecule has 0 fully saturated rings. The lowest BCUT2D eigenvalue weighted by atomic mass is 10.1. The van der Waals surface area contributed by atoms with Crippen molar-refractivity contribution >= 4 is 5.91 Å². The van der Waals surface area contributed by atoms with Crippen LogP contribution in [0.15, 0.2) is 65.5 Å². The average molecular weight is 309 g/mol. The van der Waals surface area contributed by atoms with Crippen molar-refractivity contribution in [2.24, 2.45) is 0 Å². The number of hydrogen-bond acceptors (Lipinski definition) is 3. The summed E-state index contributed by atoms with van der Waals surface area (Å²) in [6.07, 6.45) is 6.28. The highest BCUT2D eigenvalue weighted by Gasteiger charge is 2.11. The fourth-order valence-electron chi connectivity index (χ4n) is 2.45. The molecular formula is C18H19N3O2. The molecule has 0 aliphatic rings. The van der Waals surface area contributed by atoms with E-state index in [1.807, 2.05) is 55.6 Å². The Hall–Kier alpha value is -2.82. The van der Waals surface area contributed by atoms with Crippen LogP contribution in [0.5, 0.6) is 0 Å². The molecule has 0 bridgehead atoms. The van der Waals surface area contributed by atoms with Crippen LogP contribution in [0.1, 0.15) is 30.7 Å². The summed E-state index contributed by atoms with van der Waals surface area (Å²) in [6, 6.07) is 13.5. The fraction of sp³-hybridized carbons (Fsp3) is 0.222. The van der Waals surface area contributed by atoms with Gasteiger partial charge in [-0.3, -0.25) is 4.79 Å². The molecular weight excluding hydrogens is 290 g/mol. The number of aromatic nitrogens is 2. The van der Waals surface area contributed by atoms with Crippen molar-refractivity contribution in [3.63, 3.8) is 0 Å². The van der Waals surface area contributed by atoms with Gasteiger partial charge in [0.2, 0.25) is 5.91 Å². The Balaban J connectivity index is 1.60. The van der Waals surface area contributed by atoms with Gasteiger partial charge in [-0.15, -0.1) is 0 Å². The van der Waals surface area contributed by atoms with Crippen LogP contribution in [-0.4, -0.2) is 15.7 Å². The lowest BCUT2D eigenvalue weighted by Gasteiger charge is -2.15. The van der Waals surface area contributed by atoms with E-state index in [1.54, 1.807) is 17.1 Å². The maximum atomic E-state index is 12.1. The number of hydrogen-bond donors (Lipinski definition) is 1. The number of benzene rings is 1. The summed E-state index contributed by atoms with van der Waals surface area (Å²) in [5, 5.41) is 7.25. The molecule has 1 atom stereocenters. The number of nitrogens with one attached hydrogen (secondary N) is 1. The van der Waals surface area contributed by atoms with Crippen LogP contribution in [0.25, 0.3) is 5.69 Å². The van der Waals surface area contributed by atoms with E-state index in [1.165, 1.54) is 0 Å². The number of nitrogens with zero attached hydrogens (tertiary/aromatic N) is 2. The van der Waals surface area contributed by atoms with Gasteiger partial charge in [0.25, 0.3) is 0 Å². The van der Waals surface area contributed by atoms with Crippen molar-refractivity contribution < 1.29 is 9.21 Å². The molecule has 0 spiro atoms. The maximum Gasteiger partial charge on any atom is 0.220 e. The molecule has 3 aromatic rings. The minimum atomic E-state index is -0.0605. The minimum absolute atomic E-state index is 0.0124. The summed E-state index contributed by atoms with van der Waals surface area (Å²) >= 11 is 0. The third-order valence-electron chi connectivity index (χ3n) is 3.70. The van der Waals surface area contributed by atoms with E-state index in [4.69, 9.17) is 4.42 Å². The molecule has 0 saturated carbocycles. The lowest BCUT2D eigenvalue weighted by Crippen LogP contribution is -2.26. The number of carbonyl (C=O) groups is 1. The van der Waals surface area contributed by atoms with Crippen molar-refractivity contribution in [1.29, 1.82) is 0 Å². The van der Waals surface area contributed by atoms with Gasteiger partial charge in [-0.2, -0.15) is 5.10 Å². The average Bonchev–Trinajstić information content (AvgIpc) is 3.26. The van der Waals surface area contributed by atoms with Gasteiger partial charge in [0.1, 0.15) is 5.76 Å². The standard InChI is InChI=1S/C18H19N3O2/c1-14(20-18(22)9-8-17-7-3-12-23-17)15-5-2-6-16(13-15)21-11-4-10-19-21/h2-7,10-14H,8-9H2,1H3,(H,20,22)/t14-/m0/s1. The van der Waals surface area contributed by atoms with Gasteiger partial charge in [0.15, 0.2) is 0 Å². The first-order valence-corrected chi connectivity index (χ1v) is 7.64. The van der Waals surface area contributed by atoms with Gasteiger partial charge in [-0.25, -0.2) is 4.68 Å². The van der Waals surface area contributed by atoms with Crippen LogP contribution in [-0.2, 0) is 11.2 Å². The van der Waals surface area contributed by atoms with Crippen molar-refractivity contribution in [3.05, 3.63) is 72.4 Å². The normalized spacial score (nSPS) is 12.0. The first-order valence-electron chi connectivity index (χ1n) is 7.64. The van der Waals surface area contributed by atoms with E-state index in [0.29, 0.717) is 12.8 Å². The summed E-state index contributed by atoms with van der Waals surface area (Å²) in [5.41, 5.74) is 2.02. The second kappa shape index (κ2) is 6.96. The minimum Gasteiger partial charge on any atom is -0.469 e. The van der Waals surface area contributed by atoms with Crippen LogP contribution >= 0.6 is 0 Å². The zero-order valence-corrected chi connectivity index (χ0v) is 13.0. The topological polar surface area (TPSA) is 60.1 Å². The monoisotopic (exact) mass is 309 g/mol. The van der Waals surface area contributed by atoms with Gasteiger partial charge < -0.3 is 9.73 Å². The van der Waals surface area contributed by atoms with Crippen LogP contribution < -0.4 is 5.32 Å². The molecule has 3 rings (SSSR count). The van der Waals surface area contributed by atoms with E-state index in [-0.39, 0.29) is 11.9 Å². The van der Waals surface area contributed by atoms with Crippen LogP contribution in [0.3, 0.4) is 0 Å². The van der Waals surface area contributed by atoms with Gasteiger partial charge in [0, 0.05) is 25.2 Å². The van der Waals surface area contributed by atoms with Gasteiger partial charge in [-0.05, 0) is 42.8 Å². The zero-order valence-electron chi connectivity index (χ0n) is 13.0. The van der Waals surface area contributed by atoms with E-state index < -0.39 is 0 Å². The molecule has 118 valence electrons. The van der Waals surface area contributed by atoms with Gasteiger partial charge in [0.05, 0.1) is 18.0 Å². The Bertz CT molecular complexity index is 748. The molecule has 0 saturated heterocycles. The molecule has 23 heavy (non-hydrogen) atoms. The highest BCUT2D eigenvalue weighted by molar-refractivity contribution is 5.76. The first kappa shape index (κ1) is 15.1. The number of amides is 1. The Morgan fingerprint density at radius 1 is 1.30 bits per heavy atom. The van der Waals surface area contributed by atoms with E-state index in [0.717, 1.165) is 17.0 Å². The van der Waals surface area contributed by atoms with E-state index in [2.05, 4.69) is 10.4 Å². The van der Waals surface area contributed by atoms with Crippen molar-refractivity contribution in [3.8, 4) is 5.69 Å². The molecule has 2 aromatic heterocycles. The SMILES string of the molecule is C[C@H](NC(=O)CCc1ccco1)c1cccc(-n2cccn2)c1. The molecule has 1 amide bonds. The number of rotatable bonds is 6. The first-order chi connectivity index (χ1) is 11.2. The van der Waals surface area contributed by atoms with E-state index >= 15 is 0 Å². The molecule has 5 heteroatoms. The van der Waals surface area contributed by atoms with Gasteiger partial charge in [-0.1, -0.05) is 12.1 Å². The summed E-state index contributed by atoms with van der Waals surface area (Å²) in [6.45, 7) is 1.98. The Kier molecular flexibility index (Phi) is 4.57. The summed E-state index contributed by atoms with van der Waals surface area (Å²) in [7, 11) is 0. The second-order valence-corrected chi connectivity index (χ2v) is 5.41. The largest absolute Gasteiger partial charge is 0.469 e. The predicted octanol–water partition coefficient (Wildman–Crippen LogP) is 3.28. The molecule has 1 aromatic carbocycles. The highest BCUT2D eigenvalue weighted by atomic mass is 16.3. The molecule has 5 nitrogen and oxygen atoms in total. The molecule has 0 aliphatic carbocycles. The summed E-state index contributed by atoms with van der Waals surface area (Å²) in [4.78, 5) is 12.1. The van der Waals surface area contributed by atoms with Crippen LogP contribution in [0, 0.1) is 0 Å². The zero-order chi connectivity index (χ0) is 16.1. The predicted molar refractivity (Wildman–Crippen MR) is 87.2 cm³/mol. The van der Waals surface area contributed by atoms with E-state index in [9.17, 15) is 4.79 Å². The fourth-order valence-corrected chi connectivity index (χ4v) is 2.45. The van der Waals surface area contributed by atoms with Crippen LogP contribution in [0.2, 0.25) is 0 Å². The molecule has 0 unspecified atom stereocenters. The van der Waals surface area contributed by atoms with Crippen molar-refractivity contribution in [2.75, 3.05) is 0 Å². The Labute approximate surface area is 134 Å².